The summed E-state index contributed by atoms with van der Waals surface area (Å²) in [7, 11) is -14.8. The number of aryl methyl sites for hydroxylation is 2. The molecule has 6 unspecified atom stereocenters. The summed E-state index contributed by atoms with van der Waals surface area (Å²) in [6, 6.07) is -1.15. The number of aliphatic hydroxyl groups is 4. The van der Waals surface area contributed by atoms with Gasteiger partial charge in [0.15, 0.2) is 76.3 Å². The monoisotopic (exact) mass is 1360 g/mol. The molecule has 18 atom stereocenters. The van der Waals surface area contributed by atoms with E-state index in [0.29, 0.717) is 0 Å². The third-order valence-corrected chi connectivity index (χ3v) is 19.3. The lowest BCUT2D eigenvalue weighted by molar-refractivity contribution is -0.0542. The van der Waals surface area contributed by atoms with Crippen molar-refractivity contribution < 1.29 is 89.0 Å². The summed E-state index contributed by atoms with van der Waals surface area (Å²) in [6.07, 6.45) is -14.6. The highest BCUT2D eigenvalue weighted by molar-refractivity contribution is 7.84. The van der Waals surface area contributed by atoms with Crippen LogP contribution < -0.4 is 43.5 Å². The van der Waals surface area contributed by atoms with Gasteiger partial charge < -0.3 is 75.9 Å². The molecule has 46 heteroatoms. The number of aromatic amines is 2. The highest BCUT2D eigenvalue weighted by Crippen LogP contribution is 2.52. The molecule has 0 amide bonds. The molecule has 6 aliphatic rings. The Balaban J connectivity index is 0.000000161. The minimum Gasteiger partial charge on any atom is -0.388 e. The molecule has 0 saturated carbocycles. The van der Waals surface area contributed by atoms with Crippen LogP contribution in [0.15, 0.2) is 57.1 Å². The van der Waals surface area contributed by atoms with Gasteiger partial charge in [-0.15, -0.1) is 0 Å². The number of aromatic nitrogens is 16. The van der Waals surface area contributed by atoms with Gasteiger partial charge in [0.05, 0.1) is 50.3 Å². The minimum atomic E-state index is -5.04. The third kappa shape index (κ3) is 11.1. The van der Waals surface area contributed by atoms with Crippen molar-refractivity contribution in [1.82, 2.24) is 82.8 Å². The number of anilines is 3. The number of hydrogen-bond acceptors (Lipinski definition) is 34. The van der Waals surface area contributed by atoms with Gasteiger partial charge in [0.1, 0.15) is 96.3 Å². The number of nitrogen functional groups attached to an aromatic ring is 2. The van der Waals surface area contributed by atoms with Crippen molar-refractivity contribution in [3.8, 4) is 0 Å². The van der Waals surface area contributed by atoms with E-state index in [1.165, 1.54) is 50.5 Å². The third-order valence-electron chi connectivity index (χ3n) is 16.3. The molecule has 8 aromatic heterocycles. The Bertz CT molecular complexity index is 4860. The number of nitrogens with one attached hydrogen (secondary N) is 4. The highest BCUT2D eigenvalue weighted by Gasteiger charge is 2.55. The van der Waals surface area contributed by atoms with Crippen molar-refractivity contribution in [2.24, 2.45) is 0 Å². The molecule has 15 rings (SSSR count). The van der Waals surface area contributed by atoms with Crippen LogP contribution >= 0.6 is 15.6 Å². The van der Waals surface area contributed by atoms with Crippen LogP contribution in [0.5, 0.6) is 0 Å². The van der Waals surface area contributed by atoms with Gasteiger partial charge in [-0.3, -0.25) is 55.5 Å². The summed E-state index contributed by atoms with van der Waals surface area (Å²) in [5.41, 5.74) is 9.80. The molecule has 9 aromatic rings. The summed E-state index contributed by atoms with van der Waals surface area (Å²) >= 11 is 0. The summed E-state index contributed by atoms with van der Waals surface area (Å²) in [5, 5.41) is 47.8. The second-order valence-corrected chi connectivity index (χ2v) is 26.3. The number of phosphoric acid groups is 2. The molecule has 14 N–H and O–H groups in total. The van der Waals surface area contributed by atoms with Gasteiger partial charge in [-0.25, -0.2) is 63.2 Å². The van der Waals surface area contributed by atoms with Gasteiger partial charge in [-0.05, 0) is 26.7 Å². The number of aliphatic hydroxyl groups excluding tert-OH is 4. The van der Waals surface area contributed by atoms with Crippen molar-refractivity contribution in [3.05, 3.63) is 96.3 Å². The molecule has 14 heterocycles. The van der Waals surface area contributed by atoms with Crippen molar-refractivity contribution in [2.45, 2.75) is 125 Å². The van der Waals surface area contributed by atoms with E-state index in [4.69, 9.17) is 52.7 Å². The van der Waals surface area contributed by atoms with E-state index < -0.39 is 166 Å². The number of nitrogens with two attached hydrogens (primary N) is 2. The van der Waals surface area contributed by atoms with E-state index in [9.17, 15) is 66.9 Å². The number of fused-ring (bicyclic) bond motifs is 11. The molecule has 43 nitrogen and oxygen atoms in total. The van der Waals surface area contributed by atoms with Crippen molar-refractivity contribution in [3.63, 3.8) is 0 Å². The summed E-state index contributed by atoms with van der Waals surface area (Å²) in [5.74, 6) is 0.611. The Morgan fingerprint density at radius 1 is 0.559 bits per heavy atom. The molecule has 5 fully saturated rings. The van der Waals surface area contributed by atoms with E-state index in [1.54, 1.807) is 6.92 Å². The first-order valence-corrected chi connectivity index (χ1v) is 32.3. The predicted molar refractivity (Wildman–Crippen MR) is 305 cm³/mol. The van der Waals surface area contributed by atoms with Gasteiger partial charge in [0.2, 0.25) is 10.9 Å². The summed E-state index contributed by atoms with van der Waals surface area (Å²) in [6.45, 7) is 0.940. The fraction of sp³-hybridized carbons (Fsp3) is 0.489. The number of nitrogens with zero attached hydrogens (tertiary/aromatic N) is 14. The maximum Gasteiger partial charge on any atom is 0.472 e. The largest absolute Gasteiger partial charge is 0.472 e. The second-order valence-electron chi connectivity index (χ2n) is 22.1. The van der Waals surface area contributed by atoms with Crippen LogP contribution in [0.2, 0.25) is 0 Å². The van der Waals surface area contributed by atoms with Gasteiger partial charge >= 0.3 is 25.9 Å². The lowest BCUT2D eigenvalue weighted by Crippen LogP contribution is -2.46. The molecule has 1 aromatic carbocycles. The zero-order valence-corrected chi connectivity index (χ0v) is 50.2. The lowest BCUT2D eigenvalue weighted by atomic mass is 9.96. The first-order valence-electron chi connectivity index (χ1n) is 27.9. The molecule has 0 radical (unpaired) electrons. The Labute approximate surface area is 515 Å². The first-order chi connectivity index (χ1) is 44.2. The smallest absolute Gasteiger partial charge is 0.388 e. The zero-order chi connectivity index (χ0) is 65.5. The Morgan fingerprint density at radius 3 is 1.57 bits per heavy atom. The number of ether oxygens (including phenoxy) is 4. The van der Waals surface area contributed by atoms with Gasteiger partial charge in [-0.1, -0.05) is 0 Å². The quantitative estimate of drug-likeness (QED) is 0.0580. The Hall–Kier alpha value is -7.95. The molecule has 4 bridgehead atoms. The number of imidazole rings is 4. The maximum absolute atomic E-state index is 13.3. The van der Waals surface area contributed by atoms with Crippen LogP contribution in [0.3, 0.4) is 0 Å². The molecule has 93 heavy (non-hydrogen) atoms. The number of rotatable bonds is 4. The van der Waals surface area contributed by atoms with E-state index in [2.05, 4.69) is 69.8 Å². The number of H-pyrrole nitrogens is 2. The Kier molecular flexibility index (Phi) is 15.6. The zero-order valence-electron chi connectivity index (χ0n) is 47.6. The highest BCUT2D eigenvalue weighted by atomic mass is 32.2. The van der Waals surface area contributed by atoms with Crippen LogP contribution in [-0.4, -0.2) is 210 Å². The molecule has 0 spiro atoms. The molecule has 5 saturated heterocycles. The predicted octanol–water partition coefficient (Wildman–Crippen LogP) is -5.01. The number of hydrogen-bond donors (Lipinski definition) is 12. The van der Waals surface area contributed by atoms with Crippen LogP contribution in [0, 0.1) is 13.8 Å². The van der Waals surface area contributed by atoms with Crippen LogP contribution in [0.4, 0.5) is 17.3 Å². The average molecular weight is 1360 g/mol. The van der Waals surface area contributed by atoms with E-state index in [-0.39, 0.29) is 92.0 Å². The fourth-order valence-electron chi connectivity index (χ4n) is 11.9. The fourth-order valence-corrected chi connectivity index (χ4v) is 14.8. The molecular weight excluding hydrogens is 1310 g/mol. The van der Waals surface area contributed by atoms with Gasteiger partial charge in [0.25, 0.3) is 11.1 Å². The molecular formula is C47H52N20O23P2S. The molecule has 494 valence electrons. The van der Waals surface area contributed by atoms with Crippen LogP contribution in [0.25, 0.3) is 44.7 Å². The normalized spacial score (nSPS) is 34.1. The SMILES string of the molecule is Cc1nc2c(ncn2[C@@H]2O[C@@H]3COP(=O)(O)O[C@@H]4C(O)[C@H](n5cnc6c(N)ncnc65)O[C@@H]4CCc4c(c(=O)c4=O)N[C@H]2C3O)c(=O)[nH]1.Cc1nc2c(ncn2[C@@H]2O[C@@H]3COP(=O)(O)O[C@@H]4C(O)[C@H](n5cnc6c(N)ncnc65)O[C@@H]4CNS(=O)(=O)O[C@H]2C3O)c(=O)[nH]1. The topological polar surface area (TPSA) is 597 Å². The molecule has 6 aliphatic heterocycles. The minimum absolute atomic E-state index is 0.00691. The number of phosphoric ester groups is 2. The van der Waals surface area contributed by atoms with Crippen molar-refractivity contribution >= 4 is 87.9 Å². The van der Waals surface area contributed by atoms with Crippen LogP contribution in [-0.2, 0) is 67.1 Å². The van der Waals surface area contributed by atoms with E-state index in [1.807, 2.05) is 0 Å². The van der Waals surface area contributed by atoms with E-state index >= 15 is 0 Å². The van der Waals surface area contributed by atoms with E-state index in [0.717, 1.165) is 12.7 Å². The first kappa shape index (κ1) is 62.5. The van der Waals surface area contributed by atoms with Crippen LogP contribution in [0.1, 0.15) is 48.5 Å². The maximum atomic E-state index is 13.3. The van der Waals surface area contributed by atoms with Gasteiger partial charge in [-0.2, -0.15) is 13.1 Å². The standard InChI is InChI=1S/C26H27N10O11P.C21H25N10O12PS/c1-8-32-23-15(24(41)33-8)31-7-36(23)25-13-17(38)11(46-25)4-44-48(42,43)47-20-10(3-2-9-12(34-13)18(39)16(9)37)45-26(19(20)40)35-6-30-14-21(27)28-5-29-22(14)35;1-7-28-18-11(19(34)29-7)26-6-31(18)21-15-12(32)9(41-21)3-39-44(35,36)42-14-8(2-27-45(37,38)43-15)40-20(13(14)33)30-5-25-10-16(22)23-4-24-17(10)30/h5-7,10-11,13,17,19-20,25-26,34,38,40H,2-4H2,1H3,(H,42,43)(H2,27,28,29)(H,32,33,41);4-6,8-9,12-15,20-21,27,32-33H,2-3H2,1H3,(H,35,36)(H2,22,23,24)(H,28,29,34)/t10-,11-,13+,17?,19?,20+,25-,26-;8-,9-,12?,13?,14+,15+,20-,21-/m11/s1. The summed E-state index contributed by atoms with van der Waals surface area (Å²) in [4.78, 5) is 118. The lowest BCUT2D eigenvalue weighted by Gasteiger charge is -2.27. The average Bonchev–Trinajstić information content (AvgIpc) is 1.94. The Morgan fingerprint density at radius 2 is 1.02 bits per heavy atom. The summed E-state index contributed by atoms with van der Waals surface area (Å²) < 4.78 is 110. The molecule has 0 aliphatic carbocycles. The van der Waals surface area contributed by atoms with Crippen molar-refractivity contribution in [2.75, 3.05) is 36.5 Å². The second kappa shape index (κ2) is 23.2. The van der Waals surface area contributed by atoms with Gasteiger partial charge in [0, 0.05) is 12.1 Å². The van der Waals surface area contributed by atoms with Crippen molar-refractivity contribution in [1.29, 1.82) is 0 Å².